The molecule has 2 saturated heterocycles. The lowest BCUT2D eigenvalue weighted by Crippen LogP contribution is -2.41. The van der Waals surface area contributed by atoms with Crippen LogP contribution in [0.1, 0.15) is 52.0 Å². The molecule has 0 saturated carbocycles. The molecule has 0 amide bonds. The average Bonchev–Trinajstić information content (AvgIpc) is 2.68. The summed E-state index contributed by atoms with van der Waals surface area (Å²) in [5.74, 6) is -0.278. The van der Waals surface area contributed by atoms with Crippen LogP contribution >= 0.6 is 0 Å². The standard InChI is InChI=1S/C16H23BFNO3/c1-15(2)16(3,4)22-17(21-15)13-8-12(9-14(18)19-13)11-6-5-7-20-10-11/h8-9,11H,5-7,10H2,1-4H3. The fourth-order valence-electron chi connectivity index (χ4n) is 2.86. The van der Waals surface area contributed by atoms with Gasteiger partial charge in [0, 0.05) is 12.5 Å². The molecule has 1 unspecified atom stereocenters. The molecular weight excluding hydrogens is 284 g/mol. The predicted octanol–water partition coefficient (Wildman–Crippen LogP) is 2.41. The Hall–Kier alpha value is -0.975. The molecule has 0 radical (unpaired) electrons. The molecule has 0 aliphatic carbocycles. The topological polar surface area (TPSA) is 40.6 Å². The molecular formula is C16H23BFNO3. The Kier molecular flexibility index (Phi) is 4.04. The van der Waals surface area contributed by atoms with Crippen molar-refractivity contribution >= 4 is 12.7 Å². The number of rotatable bonds is 2. The van der Waals surface area contributed by atoms with Gasteiger partial charge < -0.3 is 14.0 Å². The van der Waals surface area contributed by atoms with E-state index in [2.05, 4.69) is 4.98 Å². The van der Waals surface area contributed by atoms with Crippen molar-refractivity contribution in [1.29, 1.82) is 0 Å². The van der Waals surface area contributed by atoms with Gasteiger partial charge in [0.05, 0.1) is 23.4 Å². The summed E-state index contributed by atoms with van der Waals surface area (Å²) in [6.45, 7) is 9.31. The van der Waals surface area contributed by atoms with E-state index >= 15 is 0 Å². The van der Waals surface area contributed by atoms with Gasteiger partial charge in [-0.1, -0.05) is 0 Å². The summed E-state index contributed by atoms with van der Waals surface area (Å²) < 4.78 is 31.4. The van der Waals surface area contributed by atoms with Crippen molar-refractivity contribution in [1.82, 2.24) is 4.98 Å². The molecule has 3 rings (SSSR count). The quantitative estimate of drug-likeness (QED) is 0.621. The summed E-state index contributed by atoms with van der Waals surface area (Å²) in [4.78, 5) is 3.98. The highest BCUT2D eigenvalue weighted by Crippen LogP contribution is 2.36. The molecule has 1 atom stereocenters. The summed E-state index contributed by atoms with van der Waals surface area (Å²) in [5.41, 5.74) is 0.496. The normalized spacial score (nSPS) is 27.1. The maximum Gasteiger partial charge on any atom is 0.514 e. The van der Waals surface area contributed by atoms with Gasteiger partial charge in [0.1, 0.15) is 0 Å². The first-order valence-electron chi connectivity index (χ1n) is 7.89. The van der Waals surface area contributed by atoms with E-state index in [1.54, 1.807) is 0 Å². The zero-order chi connectivity index (χ0) is 16.0. The minimum Gasteiger partial charge on any atom is -0.398 e. The first-order chi connectivity index (χ1) is 10.3. The summed E-state index contributed by atoms with van der Waals surface area (Å²) in [5, 5.41) is 0. The second kappa shape index (κ2) is 5.58. The van der Waals surface area contributed by atoms with Crippen LogP contribution in [0.4, 0.5) is 4.39 Å². The largest absolute Gasteiger partial charge is 0.514 e. The smallest absolute Gasteiger partial charge is 0.398 e. The lowest BCUT2D eigenvalue weighted by Gasteiger charge is -2.32. The SMILES string of the molecule is CC1(C)OB(c2cc(C3CCCOC3)cc(F)n2)OC1(C)C. The van der Waals surface area contributed by atoms with Gasteiger partial charge in [0.2, 0.25) is 5.95 Å². The number of pyridine rings is 1. The van der Waals surface area contributed by atoms with Crippen LogP contribution in [0.25, 0.3) is 0 Å². The third-order valence-electron chi connectivity index (χ3n) is 4.96. The Morgan fingerprint density at radius 2 is 1.86 bits per heavy atom. The van der Waals surface area contributed by atoms with Crippen LogP contribution in [0.15, 0.2) is 12.1 Å². The van der Waals surface area contributed by atoms with E-state index in [0.29, 0.717) is 12.2 Å². The van der Waals surface area contributed by atoms with Crippen molar-refractivity contribution < 1.29 is 18.4 Å². The lowest BCUT2D eigenvalue weighted by atomic mass is 9.81. The molecule has 3 heterocycles. The molecule has 1 aromatic heterocycles. The minimum absolute atomic E-state index is 0.215. The van der Waals surface area contributed by atoms with E-state index in [1.165, 1.54) is 6.07 Å². The van der Waals surface area contributed by atoms with Crippen LogP contribution < -0.4 is 5.59 Å². The van der Waals surface area contributed by atoms with Crippen molar-refractivity contribution in [2.24, 2.45) is 0 Å². The van der Waals surface area contributed by atoms with E-state index in [1.807, 2.05) is 33.8 Å². The van der Waals surface area contributed by atoms with Crippen LogP contribution in [-0.4, -0.2) is 36.5 Å². The molecule has 0 spiro atoms. The van der Waals surface area contributed by atoms with Crippen molar-refractivity contribution in [3.05, 3.63) is 23.6 Å². The summed E-state index contributed by atoms with van der Waals surface area (Å²) in [6, 6.07) is 3.39. The second-order valence-electron chi connectivity index (χ2n) is 7.15. The van der Waals surface area contributed by atoms with Gasteiger partial charge in [0.15, 0.2) is 0 Å². The Bertz CT molecular complexity index is 542. The molecule has 2 aliphatic rings. The Balaban J connectivity index is 1.87. The van der Waals surface area contributed by atoms with Gasteiger partial charge in [-0.25, -0.2) is 4.98 Å². The van der Waals surface area contributed by atoms with Crippen LogP contribution in [0, 0.1) is 5.95 Å². The third kappa shape index (κ3) is 2.92. The van der Waals surface area contributed by atoms with Crippen LogP contribution in [0.5, 0.6) is 0 Å². The highest BCUT2D eigenvalue weighted by atomic mass is 19.1. The van der Waals surface area contributed by atoms with Gasteiger partial charge in [-0.2, -0.15) is 4.39 Å². The number of hydrogen-bond acceptors (Lipinski definition) is 4. The van der Waals surface area contributed by atoms with Crippen LogP contribution in [0.3, 0.4) is 0 Å². The molecule has 0 aromatic carbocycles. The number of aromatic nitrogens is 1. The molecule has 22 heavy (non-hydrogen) atoms. The number of halogens is 1. The molecule has 0 bridgehead atoms. The van der Waals surface area contributed by atoms with Crippen LogP contribution in [-0.2, 0) is 14.0 Å². The van der Waals surface area contributed by atoms with E-state index in [4.69, 9.17) is 14.0 Å². The highest BCUT2D eigenvalue weighted by molar-refractivity contribution is 6.61. The van der Waals surface area contributed by atoms with Crippen molar-refractivity contribution in [3.8, 4) is 0 Å². The fraction of sp³-hybridized carbons (Fsp3) is 0.688. The van der Waals surface area contributed by atoms with Gasteiger partial charge in [-0.15, -0.1) is 0 Å². The number of ether oxygens (including phenoxy) is 1. The van der Waals surface area contributed by atoms with Crippen molar-refractivity contribution in [2.45, 2.75) is 57.7 Å². The third-order valence-corrected chi connectivity index (χ3v) is 4.96. The van der Waals surface area contributed by atoms with Gasteiger partial charge >= 0.3 is 7.12 Å². The van der Waals surface area contributed by atoms with Gasteiger partial charge in [-0.3, -0.25) is 0 Å². The molecule has 2 aliphatic heterocycles. The average molecular weight is 307 g/mol. The number of hydrogen-bond donors (Lipinski definition) is 0. The van der Waals surface area contributed by atoms with Crippen molar-refractivity contribution in [2.75, 3.05) is 13.2 Å². The summed E-state index contributed by atoms with van der Waals surface area (Å²) in [7, 11) is -0.635. The monoisotopic (exact) mass is 307 g/mol. The Morgan fingerprint density at radius 1 is 1.18 bits per heavy atom. The molecule has 2 fully saturated rings. The fourth-order valence-corrected chi connectivity index (χ4v) is 2.86. The summed E-state index contributed by atoms with van der Waals surface area (Å²) in [6.07, 6.45) is 2.01. The maximum atomic E-state index is 14.0. The molecule has 4 nitrogen and oxygen atoms in total. The summed E-state index contributed by atoms with van der Waals surface area (Å²) >= 11 is 0. The predicted molar refractivity (Wildman–Crippen MR) is 82.7 cm³/mol. The number of nitrogens with zero attached hydrogens (tertiary/aromatic N) is 1. The molecule has 6 heteroatoms. The Morgan fingerprint density at radius 3 is 2.45 bits per heavy atom. The first-order valence-corrected chi connectivity index (χ1v) is 7.89. The van der Waals surface area contributed by atoms with E-state index in [-0.39, 0.29) is 5.92 Å². The Labute approximate surface area is 131 Å². The van der Waals surface area contributed by atoms with E-state index < -0.39 is 24.3 Å². The molecule has 120 valence electrons. The second-order valence-corrected chi connectivity index (χ2v) is 7.15. The van der Waals surface area contributed by atoms with Crippen molar-refractivity contribution in [3.63, 3.8) is 0 Å². The lowest BCUT2D eigenvalue weighted by molar-refractivity contribution is 0.00578. The van der Waals surface area contributed by atoms with E-state index in [9.17, 15) is 4.39 Å². The molecule has 0 N–H and O–H groups in total. The maximum absolute atomic E-state index is 14.0. The highest BCUT2D eigenvalue weighted by Gasteiger charge is 2.52. The zero-order valence-corrected chi connectivity index (χ0v) is 13.7. The zero-order valence-electron chi connectivity index (χ0n) is 13.7. The van der Waals surface area contributed by atoms with Gasteiger partial charge in [-0.05, 0) is 58.2 Å². The van der Waals surface area contributed by atoms with Crippen LogP contribution in [0.2, 0.25) is 0 Å². The van der Waals surface area contributed by atoms with Gasteiger partial charge in [0.25, 0.3) is 0 Å². The minimum atomic E-state index is -0.635. The molecule has 1 aromatic rings. The van der Waals surface area contributed by atoms with E-state index in [0.717, 1.165) is 25.0 Å². The first kappa shape index (κ1) is 15.9.